The van der Waals surface area contributed by atoms with Crippen LogP contribution in [0.15, 0.2) is 66.6 Å². The number of fused-ring (bicyclic) bond motifs is 3. The number of nitrogens with zero attached hydrogens (tertiary/aromatic N) is 2. The maximum Gasteiger partial charge on any atom is 0.162 e. The first-order valence-corrected chi connectivity index (χ1v) is 15.1. The number of carbonyl (C=O) groups excluding carboxylic acids is 1. The van der Waals surface area contributed by atoms with Gasteiger partial charge in [-0.25, -0.2) is 0 Å². The van der Waals surface area contributed by atoms with Gasteiger partial charge < -0.3 is 10.1 Å². The summed E-state index contributed by atoms with van der Waals surface area (Å²) in [5, 5.41) is 23.7. The molecule has 2 aliphatic rings. The first-order chi connectivity index (χ1) is 19.9. The number of aryl methyl sites for hydroxylation is 2. The van der Waals surface area contributed by atoms with Gasteiger partial charge in [-0.3, -0.25) is 4.79 Å². The monoisotopic (exact) mass is 736 g/mol. The van der Waals surface area contributed by atoms with Crippen molar-refractivity contribution in [2.24, 2.45) is 11.8 Å². The smallest absolute Gasteiger partial charge is 0.162 e. The standard InChI is InChI=1S/C22H15N2.C15H24O2.Ir/c1-14-9-15(2)11-17(10-14)22-21-19-6-4-3-5-16(19)12-18(13-23)20(21)7-8-24-22;16-14(12-7-3-1-4-8-12)11-15(17)13-9-5-2-6-10-13;/h3-10,12H,1-2H3;11-13,16H,1-10H2;/q-1;;/b;14-11-;. The van der Waals surface area contributed by atoms with E-state index < -0.39 is 0 Å². The predicted molar refractivity (Wildman–Crippen MR) is 167 cm³/mol. The summed E-state index contributed by atoms with van der Waals surface area (Å²) in [7, 11) is 0. The Morgan fingerprint density at radius 1 is 0.929 bits per heavy atom. The molecule has 1 aromatic heterocycles. The summed E-state index contributed by atoms with van der Waals surface area (Å²) in [5.41, 5.74) is 4.80. The molecule has 0 spiro atoms. The number of aromatic nitrogens is 1. The first-order valence-electron chi connectivity index (χ1n) is 15.1. The summed E-state index contributed by atoms with van der Waals surface area (Å²) in [6, 6.07) is 22.0. The molecule has 0 atom stereocenters. The van der Waals surface area contributed by atoms with E-state index in [-0.39, 0.29) is 37.7 Å². The number of carbonyl (C=O) groups is 1. The minimum absolute atomic E-state index is 0. The van der Waals surface area contributed by atoms with Gasteiger partial charge in [0.25, 0.3) is 0 Å². The van der Waals surface area contributed by atoms with E-state index in [0.29, 0.717) is 11.3 Å². The third kappa shape index (κ3) is 7.35. The number of hydrogen-bond acceptors (Lipinski definition) is 4. The van der Waals surface area contributed by atoms with Crippen LogP contribution in [0.4, 0.5) is 0 Å². The summed E-state index contributed by atoms with van der Waals surface area (Å²) in [4.78, 5) is 16.7. The van der Waals surface area contributed by atoms with Gasteiger partial charge in [-0.15, -0.1) is 34.9 Å². The van der Waals surface area contributed by atoms with Crippen molar-refractivity contribution in [1.29, 1.82) is 5.26 Å². The molecule has 0 amide bonds. The van der Waals surface area contributed by atoms with Gasteiger partial charge in [0.15, 0.2) is 5.78 Å². The molecule has 0 unspecified atom stereocenters. The van der Waals surface area contributed by atoms with Gasteiger partial charge in [0, 0.05) is 44.2 Å². The molecule has 4 aromatic rings. The van der Waals surface area contributed by atoms with Gasteiger partial charge in [-0.1, -0.05) is 76.6 Å². The quantitative estimate of drug-likeness (QED) is 0.0981. The van der Waals surface area contributed by atoms with Crippen LogP contribution in [0.1, 0.15) is 80.9 Å². The molecule has 0 aliphatic heterocycles. The first kappa shape index (κ1) is 31.6. The van der Waals surface area contributed by atoms with E-state index in [9.17, 15) is 15.2 Å². The van der Waals surface area contributed by atoms with Crippen molar-refractivity contribution >= 4 is 27.3 Å². The number of rotatable bonds is 4. The molecule has 1 radical (unpaired) electrons. The van der Waals surface area contributed by atoms with Crippen LogP contribution in [0, 0.1) is 43.1 Å². The SMILES string of the molecule is Cc1[c-]c(-c2nccc3c(C#N)cc4ccccc4c23)cc(C)c1.O=C(/C=C(\O)C1CCCCC1)C1CCCCC1.[Ir]. The van der Waals surface area contributed by atoms with Gasteiger partial charge in [0.1, 0.15) is 0 Å². The van der Waals surface area contributed by atoms with Crippen LogP contribution >= 0.6 is 0 Å². The van der Waals surface area contributed by atoms with Gasteiger partial charge in [-0.2, -0.15) is 5.26 Å². The number of benzene rings is 3. The molecule has 2 fully saturated rings. The number of hydrogen-bond donors (Lipinski definition) is 1. The third-order valence-corrected chi connectivity index (χ3v) is 8.62. The number of nitriles is 1. The molecule has 2 aliphatic carbocycles. The van der Waals surface area contributed by atoms with E-state index in [2.05, 4.69) is 42.2 Å². The zero-order chi connectivity index (χ0) is 28.8. The summed E-state index contributed by atoms with van der Waals surface area (Å²) in [5.74, 6) is 0.985. The second kappa shape index (κ2) is 14.7. The third-order valence-electron chi connectivity index (χ3n) is 8.62. The van der Waals surface area contributed by atoms with Gasteiger partial charge in [0.05, 0.1) is 17.4 Å². The van der Waals surface area contributed by atoms with E-state index in [1.54, 1.807) is 12.3 Å². The fraction of sp³-hybridized carbons (Fsp3) is 0.378. The van der Waals surface area contributed by atoms with Crippen molar-refractivity contribution < 1.29 is 30.0 Å². The number of allylic oxidation sites excluding steroid dienone is 2. The van der Waals surface area contributed by atoms with Crippen LogP contribution in [-0.2, 0) is 24.9 Å². The van der Waals surface area contributed by atoms with Crippen molar-refractivity contribution in [3.05, 3.63) is 89.3 Å². The van der Waals surface area contributed by atoms with E-state index in [1.807, 2.05) is 37.3 Å². The molecule has 42 heavy (non-hydrogen) atoms. The van der Waals surface area contributed by atoms with Crippen molar-refractivity contribution in [2.75, 3.05) is 0 Å². The molecule has 5 heteroatoms. The Hall–Kier alpha value is -3.32. The van der Waals surface area contributed by atoms with Crippen LogP contribution in [0.2, 0.25) is 0 Å². The van der Waals surface area contributed by atoms with Crippen molar-refractivity contribution in [2.45, 2.75) is 78.1 Å². The Bertz CT molecular complexity index is 1600. The fourth-order valence-corrected chi connectivity index (χ4v) is 6.53. The van der Waals surface area contributed by atoms with Crippen LogP contribution in [0.5, 0.6) is 0 Å². The summed E-state index contributed by atoms with van der Waals surface area (Å²) in [6.07, 6.45) is 14.8. The number of aliphatic hydroxyl groups excluding tert-OH is 1. The number of ketones is 1. The Morgan fingerprint density at radius 2 is 1.60 bits per heavy atom. The second-order valence-corrected chi connectivity index (χ2v) is 11.7. The summed E-state index contributed by atoms with van der Waals surface area (Å²) < 4.78 is 0. The largest absolute Gasteiger partial charge is 0.512 e. The topological polar surface area (TPSA) is 74.0 Å². The maximum absolute atomic E-state index is 12.0. The minimum Gasteiger partial charge on any atom is -0.512 e. The Kier molecular flexibility index (Phi) is 11.1. The molecule has 1 heterocycles. The van der Waals surface area contributed by atoms with Crippen LogP contribution in [-0.4, -0.2) is 15.9 Å². The minimum atomic E-state index is 0. The number of pyridine rings is 1. The normalized spacial score (nSPS) is 16.3. The molecular formula is C37H39IrN2O2-. The zero-order valence-electron chi connectivity index (χ0n) is 24.6. The molecule has 219 valence electrons. The van der Waals surface area contributed by atoms with Crippen molar-refractivity contribution in [1.82, 2.24) is 4.98 Å². The summed E-state index contributed by atoms with van der Waals surface area (Å²) >= 11 is 0. The average Bonchev–Trinajstić information content (AvgIpc) is 3.01. The summed E-state index contributed by atoms with van der Waals surface area (Å²) in [6.45, 7) is 4.12. The van der Waals surface area contributed by atoms with E-state index in [4.69, 9.17) is 0 Å². The molecule has 4 nitrogen and oxygen atoms in total. The molecule has 0 saturated heterocycles. The Balaban J connectivity index is 0.000000200. The predicted octanol–water partition coefficient (Wildman–Crippen LogP) is 9.50. The van der Waals surface area contributed by atoms with Crippen molar-refractivity contribution in [3.8, 4) is 17.3 Å². The Labute approximate surface area is 263 Å². The molecule has 3 aromatic carbocycles. The maximum atomic E-state index is 12.0. The van der Waals surface area contributed by atoms with Gasteiger partial charge >= 0.3 is 0 Å². The fourth-order valence-electron chi connectivity index (χ4n) is 6.53. The van der Waals surface area contributed by atoms with Crippen LogP contribution in [0.3, 0.4) is 0 Å². The zero-order valence-corrected chi connectivity index (χ0v) is 27.0. The second-order valence-electron chi connectivity index (χ2n) is 11.7. The van der Waals surface area contributed by atoms with Crippen LogP contribution in [0.25, 0.3) is 32.8 Å². The van der Waals surface area contributed by atoms with Crippen molar-refractivity contribution in [3.63, 3.8) is 0 Å². The van der Waals surface area contributed by atoms with Crippen LogP contribution < -0.4 is 0 Å². The van der Waals surface area contributed by atoms with Gasteiger partial charge in [-0.05, 0) is 65.1 Å². The van der Waals surface area contributed by atoms with E-state index in [1.165, 1.54) is 44.1 Å². The molecular weight excluding hydrogens is 697 g/mol. The number of aliphatic hydroxyl groups is 1. The average molecular weight is 736 g/mol. The van der Waals surface area contributed by atoms with E-state index in [0.717, 1.165) is 64.0 Å². The molecule has 2 saturated carbocycles. The van der Waals surface area contributed by atoms with E-state index >= 15 is 0 Å². The Morgan fingerprint density at radius 3 is 2.26 bits per heavy atom. The molecule has 0 bridgehead atoms. The molecule has 6 rings (SSSR count). The van der Waals surface area contributed by atoms with Gasteiger partial charge in [0.2, 0.25) is 0 Å². The molecule has 1 N–H and O–H groups in total.